The van der Waals surface area contributed by atoms with Gasteiger partial charge in [0, 0.05) is 5.56 Å². The lowest BCUT2D eigenvalue weighted by Crippen LogP contribution is -2.40. The van der Waals surface area contributed by atoms with Gasteiger partial charge in [-0.15, -0.1) is 0 Å². The number of methoxy groups -OCH3 is 1. The van der Waals surface area contributed by atoms with E-state index in [0.717, 1.165) is 5.56 Å². The molecule has 0 radical (unpaired) electrons. The summed E-state index contributed by atoms with van der Waals surface area (Å²) in [5.41, 5.74) is 1.94. The molecule has 1 aliphatic heterocycles. The number of carbonyl (C=O) groups excluding carboxylic acids is 1. The number of benzene rings is 2. The van der Waals surface area contributed by atoms with E-state index >= 15 is 0 Å². The van der Waals surface area contributed by atoms with Crippen molar-refractivity contribution in [3.8, 4) is 17.2 Å². The number of nitrogens with zero attached hydrogens (tertiary/aromatic N) is 2. The van der Waals surface area contributed by atoms with Crippen LogP contribution in [0.5, 0.6) is 17.2 Å². The zero-order valence-corrected chi connectivity index (χ0v) is 22.7. The molecule has 1 atom stereocenters. The summed E-state index contributed by atoms with van der Waals surface area (Å²) in [4.78, 5) is 32.1. The number of ether oxygens (including phenoxy) is 4. The first-order valence-corrected chi connectivity index (χ1v) is 13.1. The number of esters is 1. The Kier molecular flexibility index (Phi) is 8.48. The number of thiazole rings is 1. The molecule has 38 heavy (non-hydrogen) atoms. The van der Waals surface area contributed by atoms with Gasteiger partial charge in [0.2, 0.25) is 0 Å². The molecule has 0 saturated carbocycles. The Hall–Kier alpha value is -4.11. The van der Waals surface area contributed by atoms with E-state index in [9.17, 15) is 9.59 Å². The molecule has 1 aromatic heterocycles. The third-order valence-corrected chi connectivity index (χ3v) is 6.87. The quantitative estimate of drug-likeness (QED) is 0.291. The molecule has 0 bridgehead atoms. The van der Waals surface area contributed by atoms with Crippen molar-refractivity contribution >= 4 is 23.4 Å². The van der Waals surface area contributed by atoms with Crippen molar-refractivity contribution in [3.05, 3.63) is 97.2 Å². The van der Waals surface area contributed by atoms with Crippen LogP contribution in [0.3, 0.4) is 0 Å². The van der Waals surface area contributed by atoms with Gasteiger partial charge in [-0.3, -0.25) is 9.36 Å². The van der Waals surface area contributed by atoms with Crippen LogP contribution in [0.2, 0.25) is 0 Å². The molecule has 0 unspecified atom stereocenters. The van der Waals surface area contributed by atoms with Crippen molar-refractivity contribution in [1.29, 1.82) is 0 Å². The molecule has 0 aliphatic carbocycles. The van der Waals surface area contributed by atoms with Crippen molar-refractivity contribution < 1.29 is 23.7 Å². The fourth-order valence-corrected chi connectivity index (χ4v) is 5.30. The maximum absolute atomic E-state index is 13.9. The van der Waals surface area contributed by atoms with Gasteiger partial charge in [-0.2, -0.15) is 0 Å². The minimum atomic E-state index is -0.766. The summed E-state index contributed by atoms with van der Waals surface area (Å²) in [6.07, 6.45) is 3.43. The Bertz CT molecular complexity index is 1570. The van der Waals surface area contributed by atoms with Crippen molar-refractivity contribution in [3.63, 3.8) is 0 Å². The van der Waals surface area contributed by atoms with Crippen molar-refractivity contribution in [2.24, 2.45) is 4.99 Å². The average molecular weight is 535 g/mol. The molecule has 1 aliphatic rings. The Labute approximate surface area is 224 Å². The standard InChI is InChI=1S/C29H30N2O6S/c1-6-15-37-22-14-13-20(16-23(22)35-7-2)26-25(28(33)36-8-3)18(4)30-29-31(26)27(32)24(38-29)17-19-11-9-10-12-21(19)34-5/h6,9-14,16-17,26H,1,7-8,15H2,2-5H3/b24-17-/t26-/m0/s1. The van der Waals surface area contributed by atoms with Crippen LogP contribution in [0.25, 0.3) is 6.08 Å². The monoisotopic (exact) mass is 534 g/mol. The highest BCUT2D eigenvalue weighted by molar-refractivity contribution is 7.07. The number of allylic oxidation sites excluding steroid dienone is 1. The van der Waals surface area contributed by atoms with Gasteiger partial charge in [-0.05, 0) is 50.6 Å². The highest BCUT2D eigenvalue weighted by Gasteiger charge is 2.34. The Morgan fingerprint density at radius 3 is 2.61 bits per heavy atom. The molecule has 0 amide bonds. The summed E-state index contributed by atoms with van der Waals surface area (Å²) in [7, 11) is 1.58. The maximum Gasteiger partial charge on any atom is 0.338 e. The van der Waals surface area contributed by atoms with E-state index in [4.69, 9.17) is 18.9 Å². The molecule has 9 heteroatoms. The van der Waals surface area contributed by atoms with Gasteiger partial charge in [-0.1, -0.05) is 48.3 Å². The molecule has 0 spiro atoms. The van der Waals surface area contributed by atoms with E-state index in [2.05, 4.69) is 11.6 Å². The maximum atomic E-state index is 13.9. The first-order valence-electron chi connectivity index (χ1n) is 12.3. The highest BCUT2D eigenvalue weighted by atomic mass is 32.1. The van der Waals surface area contributed by atoms with E-state index in [0.29, 0.717) is 56.6 Å². The predicted molar refractivity (Wildman–Crippen MR) is 147 cm³/mol. The first kappa shape index (κ1) is 26.9. The van der Waals surface area contributed by atoms with E-state index in [-0.39, 0.29) is 12.2 Å². The van der Waals surface area contributed by atoms with Gasteiger partial charge >= 0.3 is 5.97 Å². The molecule has 0 saturated heterocycles. The first-order chi connectivity index (χ1) is 18.4. The second-order valence-electron chi connectivity index (χ2n) is 8.28. The summed E-state index contributed by atoms with van der Waals surface area (Å²) >= 11 is 1.25. The summed E-state index contributed by atoms with van der Waals surface area (Å²) < 4.78 is 24.4. The van der Waals surface area contributed by atoms with Gasteiger partial charge < -0.3 is 18.9 Å². The molecule has 0 N–H and O–H groups in total. The summed E-state index contributed by atoms with van der Waals surface area (Å²) in [5.74, 6) is 1.16. The van der Waals surface area contributed by atoms with E-state index in [1.165, 1.54) is 11.3 Å². The number of carbonyl (C=O) groups is 1. The fourth-order valence-electron chi connectivity index (χ4n) is 4.26. The van der Waals surface area contributed by atoms with Crippen molar-refractivity contribution in [1.82, 2.24) is 4.57 Å². The van der Waals surface area contributed by atoms with E-state index < -0.39 is 12.0 Å². The van der Waals surface area contributed by atoms with Crippen LogP contribution in [0, 0.1) is 0 Å². The van der Waals surface area contributed by atoms with Gasteiger partial charge in [0.05, 0.1) is 42.2 Å². The summed E-state index contributed by atoms with van der Waals surface area (Å²) in [6, 6.07) is 12.1. The lowest BCUT2D eigenvalue weighted by Gasteiger charge is -2.25. The van der Waals surface area contributed by atoms with E-state index in [1.54, 1.807) is 49.8 Å². The van der Waals surface area contributed by atoms with Crippen LogP contribution in [0.1, 0.15) is 37.9 Å². The molecule has 8 nitrogen and oxygen atoms in total. The van der Waals surface area contributed by atoms with Crippen LogP contribution in [0.4, 0.5) is 0 Å². The topological polar surface area (TPSA) is 88.4 Å². The summed E-state index contributed by atoms with van der Waals surface area (Å²) in [5, 5.41) is 0. The van der Waals surface area contributed by atoms with Crippen molar-refractivity contribution in [2.45, 2.75) is 26.8 Å². The minimum Gasteiger partial charge on any atom is -0.496 e. The second-order valence-corrected chi connectivity index (χ2v) is 9.29. The summed E-state index contributed by atoms with van der Waals surface area (Å²) in [6.45, 7) is 9.98. The molecular weight excluding hydrogens is 504 g/mol. The third kappa shape index (κ3) is 5.28. The molecule has 198 valence electrons. The van der Waals surface area contributed by atoms with Gasteiger partial charge in [0.25, 0.3) is 5.56 Å². The normalized spacial score (nSPS) is 14.9. The second kappa shape index (κ2) is 12.0. The van der Waals surface area contributed by atoms with Crippen LogP contribution in [-0.4, -0.2) is 37.5 Å². The van der Waals surface area contributed by atoms with Gasteiger partial charge in [0.15, 0.2) is 16.3 Å². The van der Waals surface area contributed by atoms with Crippen LogP contribution >= 0.6 is 11.3 Å². The van der Waals surface area contributed by atoms with Gasteiger partial charge in [0.1, 0.15) is 12.4 Å². The molecular formula is C29H30N2O6S. The average Bonchev–Trinajstić information content (AvgIpc) is 3.21. The Morgan fingerprint density at radius 1 is 1.11 bits per heavy atom. The van der Waals surface area contributed by atoms with Crippen LogP contribution in [-0.2, 0) is 9.53 Å². The van der Waals surface area contributed by atoms with Gasteiger partial charge in [-0.25, -0.2) is 9.79 Å². The van der Waals surface area contributed by atoms with Crippen molar-refractivity contribution in [2.75, 3.05) is 26.9 Å². The number of aromatic nitrogens is 1. The zero-order chi connectivity index (χ0) is 27.2. The lowest BCUT2D eigenvalue weighted by molar-refractivity contribution is -0.139. The third-order valence-electron chi connectivity index (χ3n) is 5.88. The lowest BCUT2D eigenvalue weighted by atomic mass is 9.95. The molecule has 3 aromatic rings. The molecule has 0 fully saturated rings. The predicted octanol–water partition coefficient (Wildman–Crippen LogP) is 3.77. The highest BCUT2D eigenvalue weighted by Crippen LogP contribution is 2.36. The molecule has 2 heterocycles. The fraction of sp³-hybridized carbons (Fsp3) is 0.276. The minimum absolute atomic E-state index is 0.194. The molecule has 4 rings (SSSR count). The van der Waals surface area contributed by atoms with Crippen LogP contribution in [0.15, 0.2) is 76.2 Å². The zero-order valence-electron chi connectivity index (χ0n) is 21.9. The van der Waals surface area contributed by atoms with Crippen LogP contribution < -0.4 is 29.1 Å². The Balaban J connectivity index is 1.95. The number of hydrogen-bond acceptors (Lipinski definition) is 8. The SMILES string of the molecule is C=CCOc1ccc([C@H]2C(C(=O)OCC)=C(C)N=c3s/c(=C\c4ccccc4OC)c(=O)n32)cc1OCC. The largest absolute Gasteiger partial charge is 0.496 e. The number of hydrogen-bond donors (Lipinski definition) is 0. The molecule has 2 aromatic carbocycles. The number of rotatable bonds is 10. The van der Waals surface area contributed by atoms with E-state index in [1.807, 2.05) is 37.3 Å². The number of para-hydroxylation sites is 1. The Morgan fingerprint density at radius 2 is 1.89 bits per heavy atom. The smallest absolute Gasteiger partial charge is 0.338 e. The number of fused-ring (bicyclic) bond motifs is 1.